The summed E-state index contributed by atoms with van der Waals surface area (Å²) < 4.78 is 1.67. The van der Waals surface area contributed by atoms with Gasteiger partial charge < -0.3 is 10.6 Å². The Morgan fingerprint density at radius 1 is 1.36 bits per heavy atom. The molecule has 0 radical (unpaired) electrons. The standard InChI is InChI=1S/C16H18N4O2/c1-12(21)19-15-5-3-4-13(8-15)9-17-16(22)7-6-14-10-18-20(2)11-14/h3-8,10-11H,9H2,1-2H3,(H,17,22)(H,19,21). The zero-order valence-electron chi connectivity index (χ0n) is 12.5. The number of benzene rings is 1. The molecule has 0 spiro atoms. The van der Waals surface area contributed by atoms with E-state index < -0.39 is 0 Å². The number of aryl methyl sites for hydroxylation is 1. The smallest absolute Gasteiger partial charge is 0.244 e. The highest BCUT2D eigenvalue weighted by Crippen LogP contribution is 2.10. The number of hydrogen-bond donors (Lipinski definition) is 2. The van der Waals surface area contributed by atoms with Crippen LogP contribution in [-0.2, 0) is 23.2 Å². The van der Waals surface area contributed by atoms with Gasteiger partial charge in [0.1, 0.15) is 0 Å². The molecule has 1 heterocycles. The molecule has 0 bridgehead atoms. The monoisotopic (exact) mass is 298 g/mol. The van der Waals surface area contributed by atoms with Crippen molar-refractivity contribution >= 4 is 23.6 Å². The second kappa shape index (κ2) is 7.21. The van der Waals surface area contributed by atoms with Gasteiger partial charge in [-0.3, -0.25) is 14.3 Å². The normalized spacial score (nSPS) is 10.6. The van der Waals surface area contributed by atoms with E-state index in [1.54, 1.807) is 23.0 Å². The number of anilines is 1. The van der Waals surface area contributed by atoms with Gasteiger partial charge in [-0.05, 0) is 23.8 Å². The van der Waals surface area contributed by atoms with Gasteiger partial charge in [-0.25, -0.2) is 0 Å². The Balaban J connectivity index is 1.88. The molecule has 2 amide bonds. The third kappa shape index (κ3) is 4.90. The lowest BCUT2D eigenvalue weighted by Gasteiger charge is -2.06. The minimum Gasteiger partial charge on any atom is -0.348 e. The number of rotatable bonds is 5. The Hall–Kier alpha value is -2.89. The van der Waals surface area contributed by atoms with Crippen molar-refractivity contribution in [3.05, 3.63) is 53.9 Å². The van der Waals surface area contributed by atoms with Crippen molar-refractivity contribution in [2.24, 2.45) is 7.05 Å². The summed E-state index contributed by atoms with van der Waals surface area (Å²) in [4.78, 5) is 22.8. The Morgan fingerprint density at radius 2 is 2.18 bits per heavy atom. The number of carbonyl (C=O) groups excluding carboxylic acids is 2. The van der Waals surface area contributed by atoms with Crippen LogP contribution in [-0.4, -0.2) is 21.6 Å². The average Bonchev–Trinajstić information content (AvgIpc) is 2.88. The summed E-state index contributed by atoms with van der Waals surface area (Å²) in [6, 6.07) is 7.34. The van der Waals surface area contributed by atoms with Crippen molar-refractivity contribution in [1.82, 2.24) is 15.1 Å². The predicted octanol–water partition coefficient (Wildman–Crippen LogP) is 1.71. The van der Waals surface area contributed by atoms with Crippen LogP contribution in [0.2, 0.25) is 0 Å². The van der Waals surface area contributed by atoms with Crippen LogP contribution in [0.1, 0.15) is 18.1 Å². The van der Waals surface area contributed by atoms with Crippen molar-refractivity contribution in [3.63, 3.8) is 0 Å². The van der Waals surface area contributed by atoms with E-state index in [0.29, 0.717) is 12.2 Å². The molecule has 0 unspecified atom stereocenters. The molecule has 22 heavy (non-hydrogen) atoms. The fourth-order valence-electron chi connectivity index (χ4n) is 1.91. The van der Waals surface area contributed by atoms with Crippen LogP contribution in [0.3, 0.4) is 0 Å². The van der Waals surface area contributed by atoms with Crippen LogP contribution in [0.4, 0.5) is 5.69 Å². The maximum absolute atomic E-state index is 11.8. The number of hydrogen-bond acceptors (Lipinski definition) is 3. The lowest BCUT2D eigenvalue weighted by atomic mass is 10.2. The van der Waals surface area contributed by atoms with Crippen LogP contribution < -0.4 is 10.6 Å². The van der Waals surface area contributed by atoms with Gasteiger partial charge in [-0.1, -0.05) is 12.1 Å². The molecular formula is C16H18N4O2. The number of aromatic nitrogens is 2. The van der Waals surface area contributed by atoms with Gasteiger partial charge >= 0.3 is 0 Å². The van der Waals surface area contributed by atoms with E-state index in [-0.39, 0.29) is 11.8 Å². The second-order valence-corrected chi connectivity index (χ2v) is 4.88. The topological polar surface area (TPSA) is 76.0 Å². The van der Waals surface area contributed by atoms with Crippen molar-refractivity contribution < 1.29 is 9.59 Å². The molecule has 0 saturated heterocycles. The highest BCUT2D eigenvalue weighted by Gasteiger charge is 2.00. The highest BCUT2D eigenvalue weighted by atomic mass is 16.2. The summed E-state index contributed by atoms with van der Waals surface area (Å²) in [5.41, 5.74) is 2.49. The Bertz CT molecular complexity index is 704. The largest absolute Gasteiger partial charge is 0.348 e. The van der Waals surface area contributed by atoms with Crippen LogP contribution in [0.25, 0.3) is 6.08 Å². The van der Waals surface area contributed by atoms with Crippen molar-refractivity contribution in [2.75, 3.05) is 5.32 Å². The predicted molar refractivity (Wildman–Crippen MR) is 84.8 cm³/mol. The number of nitrogens with zero attached hydrogens (tertiary/aromatic N) is 2. The molecule has 1 aromatic heterocycles. The first-order chi connectivity index (χ1) is 10.5. The van der Waals surface area contributed by atoms with Gasteiger partial charge in [-0.15, -0.1) is 0 Å². The summed E-state index contributed by atoms with van der Waals surface area (Å²) in [5.74, 6) is -0.311. The van der Waals surface area contributed by atoms with E-state index in [2.05, 4.69) is 15.7 Å². The van der Waals surface area contributed by atoms with E-state index in [9.17, 15) is 9.59 Å². The number of nitrogens with one attached hydrogen (secondary N) is 2. The summed E-state index contributed by atoms with van der Waals surface area (Å²) in [6.45, 7) is 1.85. The molecule has 0 aliphatic rings. The van der Waals surface area contributed by atoms with E-state index in [0.717, 1.165) is 11.1 Å². The lowest BCUT2D eigenvalue weighted by Crippen LogP contribution is -2.20. The molecule has 114 valence electrons. The fraction of sp³-hybridized carbons (Fsp3) is 0.188. The zero-order chi connectivity index (χ0) is 15.9. The fourth-order valence-corrected chi connectivity index (χ4v) is 1.91. The maximum atomic E-state index is 11.8. The lowest BCUT2D eigenvalue weighted by molar-refractivity contribution is -0.116. The third-order valence-electron chi connectivity index (χ3n) is 2.87. The highest BCUT2D eigenvalue weighted by molar-refractivity contribution is 5.91. The van der Waals surface area contributed by atoms with Crippen LogP contribution in [0.5, 0.6) is 0 Å². The van der Waals surface area contributed by atoms with Gasteiger partial charge in [-0.2, -0.15) is 5.10 Å². The molecule has 0 aliphatic carbocycles. The molecule has 0 aliphatic heterocycles. The molecule has 0 saturated carbocycles. The summed E-state index contributed by atoms with van der Waals surface area (Å²) >= 11 is 0. The van der Waals surface area contributed by atoms with Crippen molar-refractivity contribution in [3.8, 4) is 0 Å². The summed E-state index contributed by atoms with van der Waals surface area (Å²) in [6.07, 6.45) is 6.67. The first kappa shape index (κ1) is 15.5. The summed E-state index contributed by atoms with van der Waals surface area (Å²) in [7, 11) is 1.82. The Labute approximate surface area is 128 Å². The van der Waals surface area contributed by atoms with E-state index >= 15 is 0 Å². The molecule has 0 fully saturated rings. The van der Waals surface area contributed by atoms with Gasteiger partial charge in [0.25, 0.3) is 0 Å². The molecule has 6 heteroatoms. The summed E-state index contributed by atoms with van der Waals surface area (Å²) in [5, 5.41) is 9.52. The number of carbonyl (C=O) groups is 2. The molecule has 1 aromatic carbocycles. The molecule has 2 rings (SSSR count). The molecule has 0 atom stereocenters. The van der Waals surface area contributed by atoms with E-state index in [1.807, 2.05) is 31.4 Å². The quantitative estimate of drug-likeness (QED) is 0.825. The van der Waals surface area contributed by atoms with E-state index in [1.165, 1.54) is 13.0 Å². The van der Waals surface area contributed by atoms with Crippen LogP contribution in [0.15, 0.2) is 42.7 Å². The second-order valence-electron chi connectivity index (χ2n) is 4.88. The zero-order valence-corrected chi connectivity index (χ0v) is 12.5. The number of amides is 2. The minimum absolute atomic E-state index is 0.124. The maximum Gasteiger partial charge on any atom is 0.244 e. The Morgan fingerprint density at radius 3 is 2.86 bits per heavy atom. The van der Waals surface area contributed by atoms with Gasteiger partial charge in [0.2, 0.25) is 11.8 Å². The van der Waals surface area contributed by atoms with Gasteiger partial charge in [0.05, 0.1) is 6.20 Å². The first-order valence-electron chi connectivity index (χ1n) is 6.84. The molecule has 6 nitrogen and oxygen atoms in total. The minimum atomic E-state index is -0.186. The molecule has 2 N–H and O–H groups in total. The van der Waals surface area contributed by atoms with Crippen molar-refractivity contribution in [1.29, 1.82) is 0 Å². The first-order valence-corrected chi connectivity index (χ1v) is 6.84. The van der Waals surface area contributed by atoms with Crippen molar-refractivity contribution in [2.45, 2.75) is 13.5 Å². The molecular weight excluding hydrogens is 280 g/mol. The molecule has 2 aromatic rings. The van der Waals surface area contributed by atoms with E-state index in [4.69, 9.17) is 0 Å². The van der Waals surface area contributed by atoms with Crippen LogP contribution in [0, 0.1) is 0 Å². The van der Waals surface area contributed by atoms with Gasteiger partial charge in [0.15, 0.2) is 0 Å². The third-order valence-corrected chi connectivity index (χ3v) is 2.87. The SMILES string of the molecule is CC(=O)Nc1cccc(CNC(=O)C=Cc2cnn(C)c2)c1. The average molecular weight is 298 g/mol. The Kier molecular flexibility index (Phi) is 5.08. The van der Waals surface area contributed by atoms with Crippen LogP contribution >= 0.6 is 0 Å². The van der Waals surface area contributed by atoms with Gasteiger partial charge in [0, 0.05) is 44.0 Å².